The van der Waals surface area contributed by atoms with E-state index in [4.69, 9.17) is 0 Å². The van der Waals surface area contributed by atoms with Gasteiger partial charge in [-0.3, -0.25) is 0 Å². The molecule has 0 spiro atoms. The van der Waals surface area contributed by atoms with Gasteiger partial charge in [0.05, 0.1) is 16.8 Å². The molecule has 314 valence electrons. The first-order chi connectivity index (χ1) is 33.2. The van der Waals surface area contributed by atoms with Crippen molar-refractivity contribution in [3.63, 3.8) is 0 Å². The fraction of sp³-hybridized carbons (Fsp3) is 0.0154. The molecule has 1 heterocycles. The van der Waals surface area contributed by atoms with Gasteiger partial charge < -0.3 is 4.90 Å². The lowest BCUT2D eigenvalue weighted by atomic mass is 9.68. The predicted molar refractivity (Wildman–Crippen MR) is 285 cm³/mol. The van der Waals surface area contributed by atoms with E-state index in [1.54, 1.807) is 0 Å². The van der Waals surface area contributed by atoms with Crippen molar-refractivity contribution in [2.45, 2.75) is 5.41 Å². The predicted octanol–water partition coefficient (Wildman–Crippen LogP) is 18.0. The molecule has 0 bridgehead atoms. The molecule has 1 aliphatic carbocycles. The largest absolute Gasteiger partial charge is 0.309 e. The maximum atomic E-state index is 2.53. The van der Waals surface area contributed by atoms with Crippen molar-refractivity contribution in [2.75, 3.05) is 4.90 Å². The average Bonchev–Trinajstić information content (AvgIpc) is 3.94. The number of hydrogen-bond acceptors (Lipinski definition) is 2. The van der Waals surface area contributed by atoms with Gasteiger partial charge in [0.25, 0.3) is 0 Å². The van der Waals surface area contributed by atoms with Crippen LogP contribution in [-0.4, -0.2) is 0 Å². The van der Waals surface area contributed by atoms with E-state index in [0.29, 0.717) is 0 Å². The van der Waals surface area contributed by atoms with E-state index in [0.717, 1.165) is 22.6 Å². The lowest BCUT2D eigenvalue weighted by Crippen LogP contribution is -2.28. The highest BCUT2D eigenvalue weighted by Crippen LogP contribution is 2.60. The van der Waals surface area contributed by atoms with Crippen LogP contribution in [0.3, 0.4) is 0 Å². The summed E-state index contributed by atoms with van der Waals surface area (Å²) in [6.45, 7) is 0. The summed E-state index contributed by atoms with van der Waals surface area (Å²) in [5.74, 6) is 0. The molecule has 1 nitrogen and oxygen atoms in total. The maximum absolute atomic E-state index is 2.53. The zero-order valence-electron chi connectivity index (χ0n) is 36.7. The van der Waals surface area contributed by atoms with Crippen LogP contribution in [-0.2, 0) is 5.41 Å². The van der Waals surface area contributed by atoms with E-state index < -0.39 is 5.41 Å². The van der Waals surface area contributed by atoms with Gasteiger partial charge in [-0.1, -0.05) is 218 Å². The third kappa shape index (κ3) is 6.29. The lowest BCUT2D eigenvalue weighted by molar-refractivity contribution is 0.768. The Morgan fingerprint density at radius 3 is 1.73 bits per heavy atom. The summed E-state index contributed by atoms with van der Waals surface area (Å²) >= 11 is 1.88. The van der Waals surface area contributed by atoms with E-state index in [1.807, 2.05) is 11.3 Å². The van der Waals surface area contributed by atoms with E-state index in [9.17, 15) is 0 Å². The number of hydrogen-bond donors (Lipinski definition) is 0. The summed E-state index contributed by atoms with van der Waals surface area (Å²) in [5.41, 5.74) is 17.5. The summed E-state index contributed by atoms with van der Waals surface area (Å²) in [7, 11) is 0. The Morgan fingerprint density at radius 2 is 0.896 bits per heavy atom. The van der Waals surface area contributed by atoms with Crippen LogP contribution in [0.25, 0.3) is 75.5 Å². The second kappa shape index (κ2) is 16.0. The maximum Gasteiger partial charge on any atom is 0.0714 e. The number of benzene rings is 11. The van der Waals surface area contributed by atoms with Crippen LogP contribution in [0.1, 0.15) is 22.3 Å². The van der Waals surface area contributed by atoms with Crippen LogP contribution < -0.4 is 4.90 Å². The summed E-state index contributed by atoms with van der Waals surface area (Å²) < 4.78 is 2.64. The lowest BCUT2D eigenvalue weighted by Gasteiger charge is -2.34. The number of thiophene rings is 1. The fourth-order valence-corrected chi connectivity index (χ4v) is 12.2. The zero-order valence-corrected chi connectivity index (χ0v) is 37.5. The molecule has 1 aliphatic rings. The molecule has 67 heavy (non-hydrogen) atoms. The molecule has 0 amide bonds. The quantitative estimate of drug-likeness (QED) is 0.147. The van der Waals surface area contributed by atoms with Gasteiger partial charge in [-0.05, 0) is 109 Å². The number of nitrogens with zero attached hydrogens (tertiary/aromatic N) is 1. The zero-order chi connectivity index (χ0) is 44.3. The molecule has 11 aromatic carbocycles. The van der Waals surface area contributed by atoms with Gasteiger partial charge in [-0.2, -0.15) is 0 Å². The van der Waals surface area contributed by atoms with Gasteiger partial charge in [-0.25, -0.2) is 0 Å². The normalized spacial score (nSPS) is 12.6. The number of para-hydroxylation sites is 1. The van der Waals surface area contributed by atoms with Crippen molar-refractivity contribution in [1.82, 2.24) is 0 Å². The standard InChI is InChI=1S/C65H43NS/c1-3-24-50(25-4-1)65(51-26-5-2-6-27-51)58-34-12-9-31-57(58)63-59(65)35-18-37-61(63)66(60-36-13-10-29-53(60)49-40-39-44-19-7-8-20-45(44)41-49)52-28-16-22-47(43-52)46-21-15-23-48(42-46)54-32-17-33-56-55-30-11-14-38-62(55)67-64(54)56/h1-43H. The summed E-state index contributed by atoms with van der Waals surface area (Å²) in [4.78, 5) is 2.53. The average molecular weight is 870 g/mol. The van der Waals surface area contributed by atoms with Crippen LogP contribution in [0.5, 0.6) is 0 Å². The van der Waals surface area contributed by atoms with E-state index in [-0.39, 0.29) is 0 Å². The Bertz CT molecular complexity index is 3790. The van der Waals surface area contributed by atoms with E-state index in [2.05, 4.69) is 266 Å². The SMILES string of the molecule is c1ccc(C2(c3ccccc3)c3ccccc3-c3c(N(c4cccc(-c5cccc(-c6cccc7c6sc6ccccc67)c5)c4)c4ccccc4-c4ccc5ccccc5c4)cccc32)cc1. The molecule has 0 saturated heterocycles. The minimum Gasteiger partial charge on any atom is -0.309 e. The van der Waals surface area contributed by atoms with Crippen molar-refractivity contribution in [3.05, 3.63) is 283 Å². The minimum atomic E-state index is -0.534. The molecule has 13 rings (SSSR count). The van der Waals surface area contributed by atoms with Crippen molar-refractivity contribution in [1.29, 1.82) is 0 Å². The van der Waals surface area contributed by atoms with E-state index >= 15 is 0 Å². The number of rotatable bonds is 8. The Morgan fingerprint density at radius 1 is 0.328 bits per heavy atom. The second-order valence-electron chi connectivity index (χ2n) is 17.6. The third-order valence-corrected chi connectivity index (χ3v) is 15.1. The molecule has 2 heteroatoms. The molecule has 0 aliphatic heterocycles. The van der Waals surface area contributed by atoms with Gasteiger partial charge in [-0.15, -0.1) is 11.3 Å². The van der Waals surface area contributed by atoms with E-state index in [1.165, 1.54) is 92.1 Å². The Labute approximate surface area is 395 Å². The molecule has 0 N–H and O–H groups in total. The molecule has 0 radical (unpaired) electrons. The summed E-state index contributed by atoms with van der Waals surface area (Å²) in [5, 5.41) is 5.08. The van der Waals surface area contributed by atoms with Crippen LogP contribution in [0.4, 0.5) is 17.1 Å². The Kier molecular flexibility index (Phi) is 9.33. The molecule has 0 fully saturated rings. The number of anilines is 3. The molecule has 0 unspecified atom stereocenters. The van der Waals surface area contributed by atoms with Gasteiger partial charge in [0.1, 0.15) is 0 Å². The fourth-order valence-electron chi connectivity index (χ4n) is 11.0. The molecular formula is C65H43NS. The minimum absolute atomic E-state index is 0.534. The Hall–Kier alpha value is -8.30. The monoisotopic (exact) mass is 869 g/mol. The van der Waals surface area contributed by atoms with Gasteiger partial charge in [0.2, 0.25) is 0 Å². The molecule has 12 aromatic rings. The highest BCUT2D eigenvalue weighted by Gasteiger charge is 2.47. The topological polar surface area (TPSA) is 3.24 Å². The third-order valence-electron chi connectivity index (χ3n) is 13.9. The van der Waals surface area contributed by atoms with Crippen molar-refractivity contribution >= 4 is 59.3 Å². The van der Waals surface area contributed by atoms with Crippen molar-refractivity contribution in [2.24, 2.45) is 0 Å². The first-order valence-electron chi connectivity index (χ1n) is 23.1. The Balaban J connectivity index is 1.04. The first-order valence-corrected chi connectivity index (χ1v) is 23.9. The molecule has 0 saturated carbocycles. The molecule has 1 aromatic heterocycles. The van der Waals surface area contributed by atoms with Gasteiger partial charge in [0, 0.05) is 37.0 Å². The second-order valence-corrected chi connectivity index (χ2v) is 18.6. The summed E-state index contributed by atoms with van der Waals surface area (Å²) in [6, 6.07) is 96.4. The first kappa shape index (κ1) is 39.1. The van der Waals surface area contributed by atoms with Crippen molar-refractivity contribution in [3.8, 4) is 44.5 Å². The van der Waals surface area contributed by atoms with Gasteiger partial charge >= 0.3 is 0 Å². The molecular weight excluding hydrogens is 827 g/mol. The number of fused-ring (bicyclic) bond motifs is 7. The summed E-state index contributed by atoms with van der Waals surface area (Å²) in [6.07, 6.45) is 0. The van der Waals surface area contributed by atoms with Crippen LogP contribution >= 0.6 is 11.3 Å². The van der Waals surface area contributed by atoms with Gasteiger partial charge in [0.15, 0.2) is 0 Å². The van der Waals surface area contributed by atoms with Crippen LogP contribution in [0.15, 0.2) is 261 Å². The smallest absolute Gasteiger partial charge is 0.0714 e. The highest BCUT2D eigenvalue weighted by atomic mass is 32.1. The highest BCUT2D eigenvalue weighted by molar-refractivity contribution is 7.26. The van der Waals surface area contributed by atoms with Crippen molar-refractivity contribution < 1.29 is 0 Å². The van der Waals surface area contributed by atoms with Crippen LogP contribution in [0.2, 0.25) is 0 Å². The molecule has 0 atom stereocenters. The van der Waals surface area contributed by atoms with Crippen LogP contribution in [0, 0.1) is 0 Å².